The molecule has 6 heteroatoms. The van der Waals surface area contributed by atoms with E-state index in [1.807, 2.05) is 25.1 Å². The minimum absolute atomic E-state index is 0.112. The van der Waals surface area contributed by atoms with Crippen molar-refractivity contribution in [2.24, 2.45) is 5.92 Å². The molecule has 0 radical (unpaired) electrons. The third-order valence-corrected chi connectivity index (χ3v) is 5.52. The predicted octanol–water partition coefficient (Wildman–Crippen LogP) is 2.50. The Balaban J connectivity index is 1.50. The molecule has 2 heterocycles. The number of aromatic nitrogens is 2. The number of nitrogens with one attached hydrogen (secondary N) is 1. The topological polar surface area (TPSA) is 67.4 Å². The fourth-order valence-electron chi connectivity index (χ4n) is 3.75. The molecule has 2 saturated carbocycles. The standard InChI is InChI=1S/C19H28N4O2/c1-23(2)15-11-14(21-22-17(15)12-6-7-12)19(24)20-18(13-8-9-13)16-5-3-4-10-25-16/h11-13,16,18H,3-10H2,1-2H3,(H,20,24). The van der Waals surface area contributed by atoms with E-state index in [1.165, 1.54) is 32.1 Å². The molecule has 25 heavy (non-hydrogen) atoms. The zero-order valence-corrected chi connectivity index (χ0v) is 15.2. The van der Waals surface area contributed by atoms with Crippen LogP contribution >= 0.6 is 0 Å². The number of hydrogen-bond acceptors (Lipinski definition) is 5. The fraction of sp³-hybridized carbons (Fsp3) is 0.737. The van der Waals surface area contributed by atoms with Gasteiger partial charge in [0.05, 0.1) is 23.5 Å². The molecule has 3 aliphatic rings. The van der Waals surface area contributed by atoms with Crippen molar-refractivity contribution >= 4 is 11.6 Å². The lowest BCUT2D eigenvalue weighted by Crippen LogP contribution is -2.47. The van der Waals surface area contributed by atoms with E-state index >= 15 is 0 Å². The summed E-state index contributed by atoms with van der Waals surface area (Å²) in [4.78, 5) is 14.8. The van der Waals surface area contributed by atoms with Crippen LogP contribution in [0.25, 0.3) is 0 Å². The highest BCUT2D eigenvalue weighted by Gasteiger charge is 2.39. The first-order chi connectivity index (χ1) is 12.1. The van der Waals surface area contributed by atoms with Gasteiger partial charge >= 0.3 is 0 Å². The van der Waals surface area contributed by atoms with Crippen LogP contribution < -0.4 is 10.2 Å². The molecule has 2 unspecified atom stereocenters. The Morgan fingerprint density at radius 2 is 2.00 bits per heavy atom. The van der Waals surface area contributed by atoms with E-state index < -0.39 is 0 Å². The van der Waals surface area contributed by atoms with Gasteiger partial charge in [0.15, 0.2) is 5.69 Å². The molecule has 0 bridgehead atoms. The Morgan fingerprint density at radius 1 is 1.20 bits per heavy atom. The minimum atomic E-state index is -0.121. The Morgan fingerprint density at radius 3 is 2.60 bits per heavy atom. The van der Waals surface area contributed by atoms with E-state index in [0.717, 1.165) is 30.8 Å². The molecule has 1 N–H and O–H groups in total. The molecule has 1 aromatic heterocycles. The minimum Gasteiger partial charge on any atom is -0.376 e. The van der Waals surface area contributed by atoms with Crippen molar-refractivity contribution in [1.29, 1.82) is 0 Å². The fourth-order valence-corrected chi connectivity index (χ4v) is 3.75. The van der Waals surface area contributed by atoms with Crippen molar-refractivity contribution in [2.75, 3.05) is 25.6 Å². The number of ether oxygens (including phenoxy) is 1. The summed E-state index contributed by atoms with van der Waals surface area (Å²) < 4.78 is 5.94. The van der Waals surface area contributed by atoms with Crippen LogP contribution in [-0.2, 0) is 4.74 Å². The van der Waals surface area contributed by atoms with Gasteiger partial charge in [-0.05, 0) is 56.9 Å². The molecule has 136 valence electrons. The van der Waals surface area contributed by atoms with Gasteiger partial charge < -0.3 is 15.0 Å². The molecule has 6 nitrogen and oxygen atoms in total. The van der Waals surface area contributed by atoms with Crippen LogP contribution in [0.1, 0.15) is 67.0 Å². The number of nitrogens with zero attached hydrogens (tertiary/aromatic N) is 3. The lowest BCUT2D eigenvalue weighted by molar-refractivity contribution is -0.0114. The number of carbonyl (C=O) groups excluding carboxylic acids is 1. The van der Waals surface area contributed by atoms with E-state index in [4.69, 9.17) is 4.74 Å². The van der Waals surface area contributed by atoms with Crippen molar-refractivity contribution in [3.63, 3.8) is 0 Å². The van der Waals surface area contributed by atoms with Gasteiger partial charge in [-0.1, -0.05) is 0 Å². The van der Waals surface area contributed by atoms with Gasteiger partial charge in [-0.3, -0.25) is 4.79 Å². The van der Waals surface area contributed by atoms with E-state index in [9.17, 15) is 4.79 Å². The second-order valence-electron chi connectivity index (χ2n) is 7.91. The monoisotopic (exact) mass is 344 g/mol. The van der Waals surface area contributed by atoms with Crippen LogP contribution in [0, 0.1) is 5.92 Å². The molecule has 1 aromatic rings. The maximum absolute atomic E-state index is 12.8. The predicted molar refractivity (Wildman–Crippen MR) is 95.9 cm³/mol. The van der Waals surface area contributed by atoms with Crippen LogP contribution in [0.5, 0.6) is 0 Å². The van der Waals surface area contributed by atoms with E-state index in [1.54, 1.807) is 0 Å². The van der Waals surface area contributed by atoms with Crippen LogP contribution in [0.3, 0.4) is 0 Å². The number of rotatable bonds is 6. The van der Waals surface area contributed by atoms with Crippen molar-refractivity contribution in [2.45, 2.75) is 63.0 Å². The number of hydrogen-bond donors (Lipinski definition) is 1. The molecule has 0 aromatic carbocycles. The van der Waals surface area contributed by atoms with Crippen LogP contribution in [-0.4, -0.2) is 49.0 Å². The lowest BCUT2D eigenvalue weighted by Gasteiger charge is -2.31. The summed E-state index contributed by atoms with van der Waals surface area (Å²) in [5.74, 6) is 0.944. The average molecular weight is 344 g/mol. The first-order valence-electron chi connectivity index (χ1n) is 9.61. The molecule has 1 aliphatic heterocycles. The molecule has 2 aliphatic carbocycles. The summed E-state index contributed by atoms with van der Waals surface area (Å²) in [6, 6.07) is 2.00. The number of amides is 1. The van der Waals surface area contributed by atoms with Crippen molar-refractivity contribution < 1.29 is 9.53 Å². The zero-order valence-electron chi connectivity index (χ0n) is 15.2. The second-order valence-corrected chi connectivity index (χ2v) is 7.91. The average Bonchev–Trinajstić information content (AvgIpc) is 3.52. The van der Waals surface area contributed by atoms with Crippen LogP contribution in [0.15, 0.2) is 6.07 Å². The van der Waals surface area contributed by atoms with Gasteiger partial charge in [0.2, 0.25) is 0 Å². The summed E-state index contributed by atoms with van der Waals surface area (Å²) in [7, 11) is 3.99. The SMILES string of the molecule is CN(C)c1cc(C(=O)NC(C2CC2)C2CCCCO2)nnc1C1CC1. The van der Waals surface area contributed by atoms with E-state index in [0.29, 0.717) is 17.5 Å². The molecule has 2 atom stereocenters. The summed E-state index contributed by atoms with van der Waals surface area (Å²) in [6.45, 7) is 0.810. The molecule has 1 amide bonds. The third-order valence-electron chi connectivity index (χ3n) is 5.52. The van der Waals surface area contributed by atoms with Gasteiger partial charge in [0.25, 0.3) is 5.91 Å². The highest BCUT2D eigenvalue weighted by molar-refractivity contribution is 5.93. The second kappa shape index (κ2) is 6.90. The quantitative estimate of drug-likeness (QED) is 0.859. The Labute approximate surface area is 149 Å². The third kappa shape index (κ3) is 3.78. The van der Waals surface area contributed by atoms with Crippen LogP contribution in [0.4, 0.5) is 5.69 Å². The van der Waals surface area contributed by atoms with Crippen LogP contribution in [0.2, 0.25) is 0 Å². The van der Waals surface area contributed by atoms with Gasteiger partial charge in [-0.2, -0.15) is 5.10 Å². The summed E-state index contributed by atoms with van der Waals surface area (Å²) in [6.07, 6.45) is 8.20. The summed E-state index contributed by atoms with van der Waals surface area (Å²) in [5.41, 5.74) is 2.45. The normalized spacial score (nSPS) is 24.6. The van der Waals surface area contributed by atoms with Gasteiger partial charge in [-0.15, -0.1) is 5.10 Å². The van der Waals surface area contributed by atoms with E-state index in [2.05, 4.69) is 15.5 Å². The highest BCUT2D eigenvalue weighted by atomic mass is 16.5. The maximum Gasteiger partial charge on any atom is 0.272 e. The van der Waals surface area contributed by atoms with Crippen molar-refractivity contribution in [3.8, 4) is 0 Å². The smallest absolute Gasteiger partial charge is 0.272 e. The largest absolute Gasteiger partial charge is 0.376 e. The highest BCUT2D eigenvalue weighted by Crippen LogP contribution is 2.42. The van der Waals surface area contributed by atoms with E-state index in [-0.39, 0.29) is 18.1 Å². The zero-order chi connectivity index (χ0) is 17.4. The Bertz CT molecular complexity index is 634. The lowest BCUT2D eigenvalue weighted by atomic mass is 9.98. The maximum atomic E-state index is 12.8. The first-order valence-corrected chi connectivity index (χ1v) is 9.61. The number of anilines is 1. The van der Waals surface area contributed by atoms with Gasteiger partial charge in [-0.25, -0.2) is 0 Å². The van der Waals surface area contributed by atoms with Crippen molar-refractivity contribution in [3.05, 3.63) is 17.5 Å². The first kappa shape index (κ1) is 16.8. The van der Waals surface area contributed by atoms with Gasteiger partial charge in [0.1, 0.15) is 0 Å². The summed E-state index contributed by atoms with van der Waals surface area (Å²) in [5, 5.41) is 11.8. The Hall–Kier alpha value is -1.69. The van der Waals surface area contributed by atoms with Gasteiger partial charge in [0, 0.05) is 26.6 Å². The Kier molecular flexibility index (Phi) is 4.63. The molecule has 3 fully saturated rings. The molecular weight excluding hydrogens is 316 g/mol. The number of carbonyl (C=O) groups is 1. The molecule has 1 saturated heterocycles. The molecular formula is C19H28N4O2. The summed E-state index contributed by atoms with van der Waals surface area (Å²) >= 11 is 0. The molecule has 4 rings (SSSR count). The molecule has 0 spiro atoms. The van der Waals surface area contributed by atoms with Crippen molar-refractivity contribution in [1.82, 2.24) is 15.5 Å².